The monoisotopic (exact) mass is 323 g/mol. The average Bonchev–Trinajstić information content (AvgIpc) is 2.45. The number of carbonyl (C=O) groups excluding carboxylic acids is 1. The van der Waals surface area contributed by atoms with Gasteiger partial charge in [0.25, 0.3) is 5.56 Å². The lowest BCUT2D eigenvalue weighted by Crippen LogP contribution is -2.32. The fourth-order valence-electron chi connectivity index (χ4n) is 1.84. The van der Waals surface area contributed by atoms with E-state index in [1.54, 1.807) is 19.1 Å². The maximum atomic E-state index is 12.0. The van der Waals surface area contributed by atoms with Gasteiger partial charge >= 0.3 is 5.69 Å². The predicted molar refractivity (Wildman–Crippen MR) is 82.7 cm³/mol. The summed E-state index contributed by atoms with van der Waals surface area (Å²) >= 11 is 5.99. The van der Waals surface area contributed by atoms with Crippen molar-refractivity contribution >= 4 is 23.2 Å². The van der Waals surface area contributed by atoms with E-state index in [2.05, 4.69) is 10.3 Å². The van der Waals surface area contributed by atoms with Gasteiger partial charge in [-0.3, -0.25) is 19.1 Å². The summed E-state index contributed by atoms with van der Waals surface area (Å²) in [6.45, 7) is 1.56. The third-order valence-electron chi connectivity index (χ3n) is 2.97. The molecule has 2 aromatic rings. The van der Waals surface area contributed by atoms with Crippen molar-refractivity contribution in [2.75, 3.05) is 12.4 Å². The quantitative estimate of drug-likeness (QED) is 0.882. The Morgan fingerprint density at radius 1 is 1.41 bits per heavy atom. The number of carbonyl (C=O) groups is 1. The van der Waals surface area contributed by atoms with Crippen LogP contribution in [0.3, 0.4) is 0 Å². The molecule has 0 aliphatic heterocycles. The predicted octanol–water partition coefficient (Wildman–Crippen LogP) is 1.15. The van der Waals surface area contributed by atoms with Gasteiger partial charge in [-0.05, 0) is 18.6 Å². The first-order valence-electron chi connectivity index (χ1n) is 6.34. The molecule has 7 nitrogen and oxygen atoms in total. The molecular formula is C14H14ClN3O4. The number of amides is 1. The fraction of sp³-hybridized carbons (Fsp3) is 0.214. The average molecular weight is 324 g/mol. The highest BCUT2D eigenvalue weighted by molar-refractivity contribution is 6.31. The number of aromatic amines is 1. The summed E-state index contributed by atoms with van der Waals surface area (Å²) in [6, 6.07) is 4.44. The molecule has 0 radical (unpaired) electrons. The lowest BCUT2D eigenvalue weighted by Gasteiger charge is -2.12. The van der Waals surface area contributed by atoms with Crippen LogP contribution in [0.4, 0.5) is 5.69 Å². The van der Waals surface area contributed by atoms with Gasteiger partial charge in [0, 0.05) is 23.4 Å². The van der Waals surface area contributed by atoms with Crippen molar-refractivity contribution in [3.05, 3.63) is 55.8 Å². The molecule has 2 N–H and O–H groups in total. The van der Waals surface area contributed by atoms with E-state index in [1.165, 1.54) is 19.4 Å². The van der Waals surface area contributed by atoms with Crippen molar-refractivity contribution in [2.24, 2.45) is 0 Å². The van der Waals surface area contributed by atoms with Crippen LogP contribution in [-0.4, -0.2) is 22.6 Å². The van der Waals surface area contributed by atoms with Crippen LogP contribution in [0.2, 0.25) is 5.02 Å². The summed E-state index contributed by atoms with van der Waals surface area (Å²) in [5.74, 6) is -0.0214. The van der Waals surface area contributed by atoms with E-state index in [-0.39, 0.29) is 6.54 Å². The molecular weight excluding hydrogens is 310 g/mol. The van der Waals surface area contributed by atoms with Crippen LogP contribution in [0.5, 0.6) is 5.75 Å². The second-order valence-electron chi connectivity index (χ2n) is 4.59. The van der Waals surface area contributed by atoms with E-state index in [9.17, 15) is 14.4 Å². The molecule has 0 spiro atoms. The third kappa shape index (κ3) is 3.56. The molecule has 8 heteroatoms. The lowest BCUT2D eigenvalue weighted by molar-refractivity contribution is -0.116. The summed E-state index contributed by atoms with van der Waals surface area (Å²) < 4.78 is 6.25. The molecule has 0 saturated heterocycles. The highest BCUT2D eigenvalue weighted by Crippen LogP contribution is 2.30. The number of hydrogen-bond donors (Lipinski definition) is 2. The topological polar surface area (TPSA) is 93.2 Å². The van der Waals surface area contributed by atoms with Crippen molar-refractivity contribution in [2.45, 2.75) is 13.5 Å². The maximum Gasteiger partial charge on any atom is 0.328 e. The minimum atomic E-state index is -0.651. The second kappa shape index (κ2) is 6.48. The first-order chi connectivity index (χ1) is 10.4. The SMILES string of the molecule is COc1cc(Cl)c(C)cc1NC(=O)Cn1ccc(=O)[nH]c1=O. The smallest absolute Gasteiger partial charge is 0.328 e. The van der Waals surface area contributed by atoms with Crippen LogP contribution in [0.25, 0.3) is 0 Å². The summed E-state index contributed by atoms with van der Waals surface area (Å²) in [7, 11) is 1.46. The highest BCUT2D eigenvalue weighted by atomic mass is 35.5. The van der Waals surface area contributed by atoms with Gasteiger partial charge < -0.3 is 10.1 Å². The Morgan fingerprint density at radius 2 is 2.14 bits per heavy atom. The van der Waals surface area contributed by atoms with Crippen molar-refractivity contribution in [3.63, 3.8) is 0 Å². The molecule has 0 bridgehead atoms. The van der Waals surface area contributed by atoms with Crippen LogP contribution in [0, 0.1) is 6.92 Å². The number of rotatable bonds is 4. The minimum absolute atomic E-state index is 0.236. The Labute approximate surface area is 130 Å². The summed E-state index contributed by atoms with van der Waals surface area (Å²) in [6.07, 6.45) is 1.26. The molecule has 0 unspecified atom stereocenters. The van der Waals surface area contributed by atoms with E-state index in [0.29, 0.717) is 16.5 Å². The molecule has 0 atom stereocenters. The maximum absolute atomic E-state index is 12.0. The summed E-state index contributed by atoms with van der Waals surface area (Å²) in [5.41, 5.74) is 0.0596. The molecule has 1 heterocycles. The first-order valence-corrected chi connectivity index (χ1v) is 6.72. The number of nitrogens with one attached hydrogen (secondary N) is 2. The zero-order chi connectivity index (χ0) is 16.3. The molecule has 1 aromatic heterocycles. The number of H-pyrrole nitrogens is 1. The third-order valence-corrected chi connectivity index (χ3v) is 3.37. The van der Waals surface area contributed by atoms with E-state index in [0.717, 1.165) is 10.1 Å². The Kier molecular flexibility index (Phi) is 4.67. The Hall–Kier alpha value is -2.54. The number of benzene rings is 1. The number of nitrogens with zero attached hydrogens (tertiary/aromatic N) is 1. The van der Waals surface area contributed by atoms with Crippen molar-refractivity contribution in [1.82, 2.24) is 9.55 Å². The molecule has 0 saturated carbocycles. The zero-order valence-electron chi connectivity index (χ0n) is 12.0. The number of methoxy groups -OCH3 is 1. The molecule has 2 rings (SSSR count). The second-order valence-corrected chi connectivity index (χ2v) is 5.00. The number of aryl methyl sites for hydroxylation is 1. The van der Waals surface area contributed by atoms with E-state index >= 15 is 0 Å². The van der Waals surface area contributed by atoms with E-state index in [1.807, 2.05) is 0 Å². The van der Waals surface area contributed by atoms with Crippen LogP contribution >= 0.6 is 11.6 Å². The number of ether oxygens (including phenoxy) is 1. The van der Waals surface area contributed by atoms with Crippen molar-refractivity contribution < 1.29 is 9.53 Å². The van der Waals surface area contributed by atoms with Gasteiger partial charge in [0.2, 0.25) is 5.91 Å². The Balaban J connectivity index is 2.20. The Morgan fingerprint density at radius 3 is 2.77 bits per heavy atom. The molecule has 1 aromatic carbocycles. The van der Waals surface area contributed by atoms with Gasteiger partial charge in [-0.25, -0.2) is 4.79 Å². The number of hydrogen-bond acceptors (Lipinski definition) is 4. The highest BCUT2D eigenvalue weighted by Gasteiger charge is 2.11. The Bertz CT molecular complexity index is 826. The van der Waals surface area contributed by atoms with Crippen LogP contribution in [0.15, 0.2) is 34.0 Å². The normalized spacial score (nSPS) is 10.3. The fourth-order valence-corrected chi connectivity index (χ4v) is 2.00. The van der Waals surface area contributed by atoms with Crippen molar-refractivity contribution in [1.29, 1.82) is 0 Å². The first kappa shape index (κ1) is 15.8. The van der Waals surface area contributed by atoms with Gasteiger partial charge in [-0.2, -0.15) is 0 Å². The van der Waals surface area contributed by atoms with Crippen LogP contribution in [-0.2, 0) is 11.3 Å². The molecule has 116 valence electrons. The molecule has 0 fully saturated rings. The largest absolute Gasteiger partial charge is 0.495 e. The minimum Gasteiger partial charge on any atom is -0.495 e. The summed E-state index contributed by atoms with van der Waals surface area (Å²) in [5, 5.41) is 3.17. The zero-order valence-corrected chi connectivity index (χ0v) is 12.7. The van der Waals surface area contributed by atoms with E-state index < -0.39 is 17.2 Å². The van der Waals surface area contributed by atoms with Gasteiger partial charge in [-0.1, -0.05) is 11.6 Å². The molecule has 1 amide bonds. The summed E-state index contributed by atoms with van der Waals surface area (Å²) in [4.78, 5) is 36.6. The number of aromatic nitrogens is 2. The van der Waals surface area contributed by atoms with Gasteiger partial charge in [0.15, 0.2) is 0 Å². The van der Waals surface area contributed by atoms with Crippen LogP contribution in [0.1, 0.15) is 5.56 Å². The van der Waals surface area contributed by atoms with Crippen LogP contribution < -0.4 is 21.3 Å². The standard InChI is InChI=1S/C14H14ClN3O4/c1-8-5-10(11(22-2)6-9(8)15)16-13(20)7-18-4-3-12(19)17-14(18)21/h3-6H,7H2,1-2H3,(H,16,20)(H,17,19,21). The number of anilines is 1. The van der Waals surface area contributed by atoms with Gasteiger partial charge in [-0.15, -0.1) is 0 Å². The molecule has 22 heavy (non-hydrogen) atoms. The van der Waals surface area contributed by atoms with E-state index in [4.69, 9.17) is 16.3 Å². The molecule has 0 aliphatic rings. The van der Waals surface area contributed by atoms with Gasteiger partial charge in [0.1, 0.15) is 12.3 Å². The lowest BCUT2D eigenvalue weighted by atomic mass is 10.2. The van der Waals surface area contributed by atoms with Crippen molar-refractivity contribution in [3.8, 4) is 5.75 Å². The van der Waals surface area contributed by atoms with Gasteiger partial charge in [0.05, 0.1) is 12.8 Å². The number of halogens is 1. The molecule has 0 aliphatic carbocycles.